The van der Waals surface area contributed by atoms with Crippen molar-refractivity contribution >= 4 is 23.8 Å². The van der Waals surface area contributed by atoms with Crippen LogP contribution in [0, 0.1) is 5.92 Å². The molecule has 0 saturated carbocycles. The van der Waals surface area contributed by atoms with Crippen molar-refractivity contribution in [1.29, 1.82) is 0 Å². The van der Waals surface area contributed by atoms with Crippen molar-refractivity contribution in [2.45, 2.75) is 25.6 Å². The number of alkyl halides is 3. The van der Waals surface area contributed by atoms with E-state index in [4.69, 9.17) is 4.98 Å². The van der Waals surface area contributed by atoms with Crippen LogP contribution in [0.1, 0.15) is 24.0 Å². The van der Waals surface area contributed by atoms with Crippen molar-refractivity contribution in [2.75, 3.05) is 68.5 Å². The molecule has 2 aliphatic rings. The Bertz CT molecular complexity index is 1020. The van der Waals surface area contributed by atoms with Crippen LogP contribution in [0.15, 0.2) is 24.3 Å². The van der Waals surface area contributed by atoms with E-state index in [1.807, 2.05) is 4.90 Å². The predicted octanol–water partition coefficient (Wildman–Crippen LogP) is 2.22. The lowest BCUT2D eigenvalue weighted by molar-refractivity contribution is -0.138. The largest absolute Gasteiger partial charge is 0.416 e. The Labute approximate surface area is 202 Å². The zero-order valence-electron chi connectivity index (χ0n) is 20.0. The summed E-state index contributed by atoms with van der Waals surface area (Å²) in [4.78, 5) is 32.9. The van der Waals surface area contributed by atoms with Gasteiger partial charge in [0.25, 0.3) is 0 Å². The average Bonchev–Trinajstić information content (AvgIpc) is 2.87. The van der Waals surface area contributed by atoms with E-state index in [1.54, 1.807) is 13.1 Å². The number of anilines is 3. The van der Waals surface area contributed by atoms with Crippen LogP contribution in [-0.2, 0) is 17.5 Å². The molecular weight excluding hydrogens is 461 g/mol. The van der Waals surface area contributed by atoms with Gasteiger partial charge in [-0.05, 0) is 31.5 Å². The Morgan fingerprint density at radius 1 is 0.971 bits per heavy atom. The maximum atomic E-state index is 13.2. The fourth-order valence-electron chi connectivity index (χ4n) is 4.37. The van der Waals surface area contributed by atoms with Gasteiger partial charge in [-0.25, -0.2) is 0 Å². The summed E-state index contributed by atoms with van der Waals surface area (Å²) in [6.45, 7) is 4.54. The molecule has 2 fully saturated rings. The first-order chi connectivity index (χ1) is 16.7. The number of carbonyl (C=O) groups excluding carboxylic acids is 1. The van der Waals surface area contributed by atoms with Crippen LogP contribution in [-0.4, -0.2) is 79.1 Å². The number of nitrogens with one attached hydrogen (secondary N) is 2. The number of piperidine rings is 1. The van der Waals surface area contributed by atoms with Gasteiger partial charge < -0.3 is 25.3 Å². The van der Waals surface area contributed by atoms with Crippen LogP contribution in [0.3, 0.4) is 0 Å². The van der Waals surface area contributed by atoms with Crippen molar-refractivity contribution in [3.8, 4) is 0 Å². The number of benzene rings is 1. The molecule has 0 radical (unpaired) electrons. The molecule has 4 rings (SSSR count). The fourth-order valence-corrected chi connectivity index (χ4v) is 4.37. The van der Waals surface area contributed by atoms with Gasteiger partial charge in [0.15, 0.2) is 0 Å². The second-order valence-corrected chi connectivity index (χ2v) is 8.93. The molecule has 0 unspecified atom stereocenters. The highest BCUT2D eigenvalue weighted by molar-refractivity contribution is 5.79. The molecule has 1 amide bonds. The van der Waals surface area contributed by atoms with Gasteiger partial charge in [-0.15, -0.1) is 0 Å². The molecule has 0 atom stereocenters. The molecule has 2 aromatic rings. The summed E-state index contributed by atoms with van der Waals surface area (Å²) in [5, 5.41) is 5.69. The minimum atomic E-state index is -4.45. The van der Waals surface area contributed by atoms with E-state index >= 15 is 0 Å². The second kappa shape index (κ2) is 10.6. The third-order valence-electron chi connectivity index (χ3n) is 6.55. The number of nitrogens with zero attached hydrogens (tertiary/aromatic N) is 6. The van der Waals surface area contributed by atoms with E-state index in [-0.39, 0.29) is 23.9 Å². The van der Waals surface area contributed by atoms with Crippen molar-refractivity contribution in [3.05, 3.63) is 35.4 Å². The topological polar surface area (TPSA) is 89.5 Å². The molecule has 2 N–H and O–H groups in total. The molecule has 0 aliphatic carbocycles. The van der Waals surface area contributed by atoms with E-state index < -0.39 is 11.7 Å². The summed E-state index contributed by atoms with van der Waals surface area (Å²) < 4.78 is 39.6. The Morgan fingerprint density at radius 2 is 1.57 bits per heavy atom. The standard InChI is InChI=1S/C23H31F3N8O/c1-27-20-29-21(31-22(30-20)34-13-11-32(2)12-14-34)33-9-7-16(8-10-33)19(35)28-15-17-5-3-4-6-18(17)23(24,25)26/h3-6,16H,7-15H2,1-2H3,(H,28,35)(H,27,29,30,31). The lowest BCUT2D eigenvalue weighted by atomic mass is 9.96. The van der Waals surface area contributed by atoms with Gasteiger partial charge in [0.05, 0.1) is 5.56 Å². The number of aromatic nitrogens is 3. The molecule has 0 bridgehead atoms. The number of halogens is 3. The summed E-state index contributed by atoms with van der Waals surface area (Å²) in [6, 6.07) is 5.31. The summed E-state index contributed by atoms with van der Waals surface area (Å²) in [7, 11) is 3.85. The predicted molar refractivity (Wildman–Crippen MR) is 127 cm³/mol. The van der Waals surface area contributed by atoms with Gasteiger partial charge in [-0.1, -0.05) is 18.2 Å². The number of hydrogen-bond acceptors (Lipinski definition) is 8. The molecule has 9 nitrogen and oxygen atoms in total. The smallest absolute Gasteiger partial charge is 0.357 e. The number of rotatable bonds is 6. The minimum Gasteiger partial charge on any atom is -0.357 e. The number of likely N-dealkylation sites (N-methyl/N-ethyl adjacent to an activating group) is 1. The molecule has 3 heterocycles. The molecular formula is C23H31F3N8O. The van der Waals surface area contributed by atoms with Gasteiger partial charge in [0, 0.05) is 58.8 Å². The minimum absolute atomic E-state index is 0.0620. The van der Waals surface area contributed by atoms with E-state index in [9.17, 15) is 18.0 Å². The van der Waals surface area contributed by atoms with E-state index in [0.29, 0.717) is 43.8 Å². The van der Waals surface area contributed by atoms with Crippen molar-refractivity contribution in [3.63, 3.8) is 0 Å². The lowest BCUT2D eigenvalue weighted by Gasteiger charge is -2.34. The van der Waals surface area contributed by atoms with Gasteiger partial charge in [0.2, 0.25) is 23.8 Å². The fraction of sp³-hybridized carbons (Fsp3) is 0.565. The summed E-state index contributed by atoms with van der Waals surface area (Å²) in [5.74, 6) is 1.19. The van der Waals surface area contributed by atoms with Crippen molar-refractivity contribution < 1.29 is 18.0 Å². The Morgan fingerprint density at radius 3 is 2.17 bits per heavy atom. The summed E-state index contributed by atoms with van der Waals surface area (Å²) in [6.07, 6.45) is -3.32. The first-order valence-corrected chi connectivity index (χ1v) is 11.8. The maximum absolute atomic E-state index is 13.2. The molecule has 0 spiro atoms. The van der Waals surface area contributed by atoms with E-state index in [0.717, 1.165) is 32.2 Å². The molecule has 12 heteroatoms. The number of carbonyl (C=O) groups is 1. The molecule has 2 saturated heterocycles. The van der Waals surface area contributed by atoms with Crippen molar-refractivity contribution in [1.82, 2.24) is 25.2 Å². The summed E-state index contributed by atoms with van der Waals surface area (Å²) in [5.41, 5.74) is -0.659. The van der Waals surface area contributed by atoms with Gasteiger partial charge in [-0.3, -0.25) is 4.79 Å². The van der Waals surface area contributed by atoms with Crippen LogP contribution in [0.2, 0.25) is 0 Å². The Hall–Kier alpha value is -3.15. The Kier molecular flexibility index (Phi) is 7.58. The number of amides is 1. The zero-order chi connectivity index (χ0) is 25.0. The van der Waals surface area contributed by atoms with Crippen molar-refractivity contribution in [2.24, 2.45) is 5.92 Å². The monoisotopic (exact) mass is 492 g/mol. The highest BCUT2D eigenvalue weighted by Crippen LogP contribution is 2.32. The SMILES string of the molecule is CNc1nc(N2CCC(C(=O)NCc3ccccc3C(F)(F)F)CC2)nc(N2CCN(C)CC2)n1. The molecule has 1 aromatic heterocycles. The third-order valence-corrected chi connectivity index (χ3v) is 6.55. The zero-order valence-corrected chi connectivity index (χ0v) is 20.0. The Balaban J connectivity index is 1.36. The molecule has 190 valence electrons. The normalized spacial score (nSPS) is 18.0. The van der Waals surface area contributed by atoms with E-state index in [1.165, 1.54) is 12.1 Å². The van der Waals surface area contributed by atoms with Crippen LogP contribution in [0.25, 0.3) is 0 Å². The van der Waals surface area contributed by atoms with E-state index in [2.05, 4.69) is 37.4 Å². The van der Waals surface area contributed by atoms with Crippen LogP contribution in [0.4, 0.5) is 31.0 Å². The second-order valence-electron chi connectivity index (χ2n) is 8.93. The number of hydrogen-bond donors (Lipinski definition) is 2. The molecule has 35 heavy (non-hydrogen) atoms. The molecule has 1 aromatic carbocycles. The number of piperazine rings is 1. The summed E-state index contributed by atoms with van der Waals surface area (Å²) >= 11 is 0. The molecule has 2 aliphatic heterocycles. The first-order valence-electron chi connectivity index (χ1n) is 11.8. The van der Waals surface area contributed by atoms with Gasteiger partial charge in [0.1, 0.15) is 0 Å². The highest BCUT2D eigenvalue weighted by atomic mass is 19.4. The van der Waals surface area contributed by atoms with Gasteiger partial charge >= 0.3 is 6.18 Å². The van der Waals surface area contributed by atoms with Crippen LogP contribution in [0.5, 0.6) is 0 Å². The maximum Gasteiger partial charge on any atom is 0.416 e. The highest BCUT2D eigenvalue weighted by Gasteiger charge is 2.33. The van der Waals surface area contributed by atoms with Crippen LogP contribution >= 0.6 is 0 Å². The first kappa shape index (κ1) is 25.0. The third kappa shape index (κ3) is 6.11. The average molecular weight is 493 g/mol. The quantitative estimate of drug-likeness (QED) is 0.635. The lowest BCUT2D eigenvalue weighted by Crippen LogP contribution is -2.45. The van der Waals surface area contributed by atoms with Crippen LogP contribution < -0.4 is 20.4 Å². The van der Waals surface area contributed by atoms with Gasteiger partial charge in [-0.2, -0.15) is 28.1 Å².